The van der Waals surface area contributed by atoms with Crippen molar-refractivity contribution >= 4 is 0 Å². The molecule has 2 heteroatoms. The van der Waals surface area contributed by atoms with Crippen LogP contribution in [-0.4, -0.2) is 10.2 Å². The zero-order valence-corrected chi connectivity index (χ0v) is 12.7. The van der Waals surface area contributed by atoms with Crippen LogP contribution in [0.2, 0.25) is 0 Å². The van der Waals surface area contributed by atoms with Gasteiger partial charge in [0.2, 0.25) is 0 Å². The average molecular weight is 290 g/mol. The lowest BCUT2D eigenvalue weighted by Gasteiger charge is -2.11. The second-order valence-electron chi connectivity index (χ2n) is 5.56. The van der Waals surface area contributed by atoms with Gasteiger partial charge in [0.15, 0.2) is 0 Å². The van der Waals surface area contributed by atoms with Crippen molar-refractivity contribution in [2.75, 3.05) is 0 Å². The molecule has 2 nitrogen and oxygen atoms in total. The third-order valence-corrected chi connectivity index (χ3v) is 3.91. The maximum absolute atomic E-state index is 10.2. The fraction of sp³-hybridized carbons (Fsp3) is 0.100. The molecule has 0 aromatic heterocycles. The summed E-state index contributed by atoms with van der Waals surface area (Å²) in [5.74, 6) is 0.548. The number of phenols is 2. The highest BCUT2D eigenvalue weighted by atomic mass is 16.3. The van der Waals surface area contributed by atoms with Crippen LogP contribution in [0.25, 0.3) is 22.3 Å². The van der Waals surface area contributed by atoms with Crippen molar-refractivity contribution < 1.29 is 10.2 Å². The second-order valence-corrected chi connectivity index (χ2v) is 5.56. The molecule has 3 rings (SSSR count). The lowest BCUT2D eigenvalue weighted by atomic mass is 9.95. The van der Waals surface area contributed by atoms with Gasteiger partial charge < -0.3 is 10.2 Å². The molecule has 0 aliphatic rings. The van der Waals surface area contributed by atoms with Crippen LogP contribution in [-0.2, 0) is 0 Å². The van der Waals surface area contributed by atoms with E-state index in [0.717, 1.165) is 33.4 Å². The average Bonchev–Trinajstić information content (AvgIpc) is 2.53. The summed E-state index contributed by atoms with van der Waals surface area (Å²) in [6.45, 7) is 3.73. The van der Waals surface area contributed by atoms with Crippen LogP contribution >= 0.6 is 0 Å². The van der Waals surface area contributed by atoms with Gasteiger partial charge in [-0.3, -0.25) is 0 Å². The Morgan fingerprint density at radius 3 is 1.91 bits per heavy atom. The molecule has 0 aliphatic heterocycles. The molecule has 3 aromatic rings. The highest BCUT2D eigenvalue weighted by Crippen LogP contribution is 2.36. The Balaban J connectivity index is 2.15. The number of hydrogen-bond donors (Lipinski definition) is 2. The van der Waals surface area contributed by atoms with Crippen molar-refractivity contribution in [3.8, 4) is 33.8 Å². The van der Waals surface area contributed by atoms with Crippen molar-refractivity contribution in [3.63, 3.8) is 0 Å². The molecule has 110 valence electrons. The minimum absolute atomic E-state index is 0.240. The number of rotatable bonds is 2. The summed E-state index contributed by atoms with van der Waals surface area (Å²) in [7, 11) is 0. The molecule has 0 unspecified atom stereocenters. The smallest absolute Gasteiger partial charge is 0.123 e. The Kier molecular flexibility index (Phi) is 3.60. The number of aryl methyl sites for hydroxylation is 2. The SMILES string of the molecule is Cc1cc(-c2cc(-c3ccccc3)ccc2O)cc(C)c1O. The van der Waals surface area contributed by atoms with Crippen molar-refractivity contribution in [2.45, 2.75) is 13.8 Å². The van der Waals surface area contributed by atoms with Gasteiger partial charge in [0.25, 0.3) is 0 Å². The third kappa shape index (κ3) is 2.56. The van der Waals surface area contributed by atoms with Gasteiger partial charge in [-0.2, -0.15) is 0 Å². The summed E-state index contributed by atoms with van der Waals surface area (Å²) in [6, 6.07) is 19.5. The van der Waals surface area contributed by atoms with Gasteiger partial charge in [-0.25, -0.2) is 0 Å². The lowest BCUT2D eigenvalue weighted by molar-refractivity contribution is 0.466. The minimum Gasteiger partial charge on any atom is -0.507 e. The van der Waals surface area contributed by atoms with Crippen molar-refractivity contribution in [2.24, 2.45) is 0 Å². The summed E-state index contributed by atoms with van der Waals surface area (Å²) < 4.78 is 0. The van der Waals surface area contributed by atoms with Crippen LogP contribution in [0.15, 0.2) is 60.7 Å². The zero-order valence-electron chi connectivity index (χ0n) is 12.7. The Morgan fingerprint density at radius 2 is 1.27 bits per heavy atom. The van der Waals surface area contributed by atoms with Crippen LogP contribution in [0.3, 0.4) is 0 Å². The van der Waals surface area contributed by atoms with Gasteiger partial charge in [0, 0.05) is 5.56 Å². The maximum Gasteiger partial charge on any atom is 0.123 e. The molecule has 0 amide bonds. The Hall–Kier alpha value is -2.74. The first kappa shape index (κ1) is 14.2. The fourth-order valence-electron chi connectivity index (χ4n) is 2.69. The van der Waals surface area contributed by atoms with Crippen molar-refractivity contribution in [3.05, 3.63) is 71.8 Å². The third-order valence-electron chi connectivity index (χ3n) is 3.91. The molecule has 0 saturated heterocycles. The van der Waals surface area contributed by atoms with Gasteiger partial charge in [-0.05, 0) is 65.9 Å². The molecule has 0 bridgehead atoms. The molecule has 0 heterocycles. The van der Waals surface area contributed by atoms with E-state index in [2.05, 4.69) is 0 Å². The normalized spacial score (nSPS) is 10.6. The number of hydrogen-bond acceptors (Lipinski definition) is 2. The van der Waals surface area contributed by atoms with Crippen LogP contribution < -0.4 is 0 Å². The van der Waals surface area contributed by atoms with Gasteiger partial charge in [0.1, 0.15) is 11.5 Å². The van der Waals surface area contributed by atoms with Crippen molar-refractivity contribution in [1.29, 1.82) is 0 Å². The molecule has 0 radical (unpaired) electrons. The zero-order chi connectivity index (χ0) is 15.7. The molecule has 0 atom stereocenters. The molecule has 0 spiro atoms. The Bertz CT molecular complexity index is 797. The summed E-state index contributed by atoms with van der Waals surface area (Å²) >= 11 is 0. The summed E-state index contributed by atoms with van der Waals surface area (Å²) in [5, 5.41) is 20.1. The molecule has 3 aromatic carbocycles. The van der Waals surface area contributed by atoms with E-state index in [0.29, 0.717) is 5.75 Å². The summed E-state index contributed by atoms with van der Waals surface area (Å²) in [6.07, 6.45) is 0. The Morgan fingerprint density at radius 1 is 0.636 bits per heavy atom. The molecule has 22 heavy (non-hydrogen) atoms. The molecular formula is C20H18O2. The predicted molar refractivity (Wildman–Crippen MR) is 90.1 cm³/mol. The summed E-state index contributed by atoms with van der Waals surface area (Å²) in [5.41, 5.74) is 5.45. The summed E-state index contributed by atoms with van der Waals surface area (Å²) in [4.78, 5) is 0. The first-order chi connectivity index (χ1) is 10.6. The number of benzene rings is 3. The standard InChI is InChI=1S/C20H18O2/c1-13-10-17(11-14(2)20(13)22)18-12-16(8-9-19(18)21)15-6-4-3-5-7-15/h3-12,21-22H,1-2H3. The van der Waals surface area contributed by atoms with E-state index >= 15 is 0 Å². The first-order valence-electron chi connectivity index (χ1n) is 7.25. The predicted octanol–water partition coefficient (Wildman–Crippen LogP) is 5.05. The van der Waals surface area contributed by atoms with Gasteiger partial charge >= 0.3 is 0 Å². The minimum atomic E-state index is 0.240. The number of phenolic OH excluding ortho intramolecular Hbond substituents is 2. The topological polar surface area (TPSA) is 40.5 Å². The fourth-order valence-corrected chi connectivity index (χ4v) is 2.69. The maximum atomic E-state index is 10.2. The van der Waals surface area contributed by atoms with Gasteiger partial charge in [0.05, 0.1) is 0 Å². The highest BCUT2D eigenvalue weighted by Gasteiger charge is 2.10. The van der Waals surface area contributed by atoms with Crippen molar-refractivity contribution in [1.82, 2.24) is 0 Å². The van der Waals surface area contributed by atoms with E-state index in [-0.39, 0.29) is 5.75 Å². The molecule has 0 fully saturated rings. The van der Waals surface area contributed by atoms with Crippen LogP contribution in [0, 0.1) is 13.8 Å². The molecule has 2 N–H and O–H groups in total. The van der Waals surface area contributed by atoms with E-state index in [9.17, 15) is 10.2 Å². The van der Waals surface area contributed by atoms with Crippen LogP contribution in [0.5, 0.6) is 11.5 Å². The van der Waals surface area contributed by atoms with E-state index < -0.39 is 0 Å². The quantitative estimate of drug-likeness (QED) is 0.693. The van der Waals surface area contributed by atoms with E-state index in [4.69, 9.17) is 0 Å². The van der Waals surface area contributed by atoms with E-state index in [1.165, 1.54) is 0 Å². The van der Waals surface area contributed by atoms with Gasteiger partial charge in [-0.15, -0.1) is 0 Å². The number of aromatic hydroxyl groups is 2. The van der Waals surface area contributed by atoms with E-state index in [1.54, 1.807) is 6.07 Å². The molecule has 0 saturated carbocycles. The van der Waals surface area contributed by atoms with Crippen LogP contribution in [0.4, 0.5) is 0 Å². The first-order valence-corrected chi connectivity index (χ1v) is 7.25. The largest absolute Gasteiger partial charge is 0.507 e. The molecule has 0 aliphatic carbocycles. The van der Waals surface area contributed by atoms with Gasteiger partial charge in [-0.1, -0.05) is 36.4 Å². The lowest BCUT2D eigenvalue weighted by Crippen LogP contribution is -1.87. The monoisotopic (exact) mass is 290 g/mol. The molecular weight excluding hydrogens is 272 g/mol. The second kappa shape index (κ2) is 5.57. The highest BCUT2D eigenvalue weighted by molar-refractivity contribution is 5.78. The van der Waals surface area contributed by atoms with E-state index in [1.807, 2.05) is 68.4 Å². The van der Waals surface area contributed by atoms with Crippen LogP contribution in [0.1, 0.15) is 11.1 Å². The Labute approximate surface area is 130 Å².